The molecular formula is C12H12N2O2. The Bertz CT molecular complexity index is 426. The predicted molar refractivity (Wildman–Crippen MR) is 60.9 cm³/mol. The molecule has 0 saturated heterocycles. The molecule has 1 heterocycles. The zero-order valence-electron chi connectivity index (χ0n) is 8.88. The van der Waals surface area contributed by atoms with Gasteiger partial charge in [0.1, 0.15) is 0 Å². The molecule has 1 unspecified atom stereocenters. The largest absolute Gasteiger partial charge is 0.467 e. The summed E-state index contributed by atoms with van der Waals surface area (Å²) in [5, 5.41) is 2.81. The maximum absolute atomic E-state index is 11.9. The van der Waals surface area contributed by atoms with Gasteiger partial charge < -0.3 is 10.1 Å². The highest BCUT2D eigenvalue weighted by Gasteiger charge is 2.39. The molecule has 0 aliphatic carbocycles. The van der Waals surface area contributed by atoms with E-state index in [0.29, 0.717) is 0 Å². The lowest BCUT2D eigenvalue weighted by atomic mass is 9.90. The van der Waals surface area contributed by atoms with E-state index in [1.807, 2.05) is 30.3 Å². The average Bonchev–Trinajstić information content (AvgIpc) is 2.39. The molecule has 0 bridgehead atoms. The standard InChI is InChI=1S/C12H12N2O2/c1-16-11(15)12(7-8-13-9-14-12)10-5-3-2-4-6-10/h2-9H,1H3,(H,13,14). The normalized spacial score (nSPS) is 22.6. The molecule has 0 saturated carbocycles. The van der Waals surface area contributed by atoms with Gasteiger partial charge in [0.15, 0.2) is 0 Å². The maximum atomic E-state index is 11.9. The molecule has 0 radical (unpaired) electrons. The van der Waals surface area contributed by atoms with Crippen LogP contribution in [0, 0.1) is 0 Å². The number of nitrogens with zero attached hydrogens (tertiary/aromatic N) is 1. The van der Waals surface area contributed by atoms with Crippen LogP contribution in [0.25, 0.3) is 0 Å². The number of benzene rings is 1. The lowest BCUT2D eigenvalue weighted by Crippen LogP contribution is -2.36. The molecule has 4 nitrogen and oxygen atoms in total. The summed E-state index contributed by atoms with van der Waals surface area (Å²) in [6.45, 7) is 0. The van der Waals surface area contributed by atoms with Gasteiger partial charge in [0.2, 0.25) is 5.54 Å². The fourth-order valence-electron chi connectivity index (χ4n) is 1.65. The van der Waals surface area contributed by atoms with Gasteiger partial charge in [-0.05, 0) is 11.6 Å². The van der Waals surface area contributed by atoms with Crippen LogP contribution in [0.15, 0.2) is 47.6 Å². The smallest absolute Gasteiger partial charge is 0.342 e. The van der Waals surface area contributed by atoms with Gasteiger partial charge in [-0.25, -0.2) is 9.79 Å². The lowest BCUT2D eigenvalue weighted by Gasteiger charge is -2.25. The SMILES string of the molecule is COC(=O)C1(c2ccccc2)C=CNC=N1. The molecule has 1 aliphatic rings. The number of hydrogen-bond acceptors (Lipinski definition) is 4. The third-order valence-electron chi connectivity index (χ3n) is 2.47. The summed E-state index contributed by atoms with van der Waals surface area (Å²) in [4.78, 5) is 16.1. The highest BCUT2D eigenvalue weighted by Crippen LogP contribution is 2.29. The molecule has 1 aliphatic heterocycles. The molecule has 1 aromatic carbocycles. The van der Waals surface area contributed by atoms with E-state index in [0.717, 1.165) is 5.56 Å². The van der Waals surface area contributed by atoms with E-state index >= 15 is 0 Å². The number of aliphatic imine (C=N–C) groups is 1. The van der Waals surface area contributed by atoms with Gasteiger partial charge in [-0.15, -0.1) is 0 Å². The van der Waals surface area contributed by atoms with Crippen molar-refractivity contribution in [2.45, 2.75) is 5.54 Å². The Morgan fingerprint density at radius 2 is 2.12 bits per heavy atom. The van der Waals surface area contributed by atoms with Crippen molar-refractivity contribution in [1.82, 2.24) is 5.32 Å². The zero-order valence-corrected chi connectivity index (χ0v) is 8.88. The van der Waals surface area contributed by atoms with Gasteiger partial charge >= 0.3 is 5.97 Å². The number of hydrogen-bond donors (Lipinski definition) is 1. The first-order chi connectivity index (χ1) is 7.79. The minimum atomic E-state index is -1.05. The average molecular weight is 216 g/mol. The van der Waals surface area contributed by atoms with E-state index in [2.05, 4.69) is 10.3 Å². The third kappa shape index (κ3) is 1.58. The fraction of sp³-hybridized carbons (Fsp3) is 0.167. The van der Waals surface area contributed by atoms with Crippen LogP contribution in [-0.4, -0.2) is 19.4 Å². The number of carbonyl (C=O) groups excluding carboxylic acids is 1. The monoisotopic (exact) mass is 216 g/mol. The van der Waals surface area contributed by atoms with Gasteiger partial charge in [0, 0.05) is 6.20 Å². The van der Waals surface area contributed by atoms with E-state index < -0.39 is 11.5 Å². The Morgan fingerprint density at radius 1 is 1.38 bits per heavy atom. The van der Waals surface area contributed by atoms with E-state index in [1.54, 1.807) is 12.3 Å². The van der Waals surface area contributed by atoms with Crippen LogP contribution < -0.4 is 5.32 Å². The van der Waals surface area contributed by atoms with Crippen molar-refractivity contribution in [3.63, 3.8) is 0 Å². The minimum Gasteiger partial charge on any atom is -0.467 e. The maximum Gasteiger partial charge on any atom is 0.342 e. The van der Waals surface area contributed by atoms with Crippen molar-refractivity contribution >= 4 is 12.3 Å². The van der Waals surface area contributed by atoms with Crippen LogP contribution in [0.5, 0.6) is 0 Å². The topological polar surface area (TPSA) is 50.7 Å². The molecule has 1 aromatic rings. The van der Waals surface area contributed by atoms with Gasteiger partial charge in [0.05, 0.1) is 13.4 Å². The second kappa shape index (κ2) is 4.18. The van der Waals surface area contributed by atoms with Gasteiger partial charge in [-0.1, -0.05) is 30.3 Å². The Labute approximate surface area is 93.6 Å². The lowest BCUT2D eigenvalue weighted by molar-refractivity contribution is -0.145. The molecule has 2 rings (SSSR count). The molecule has 16 heavy (non-hydrogen) atoms. The Balaban J connectivity index is 2.51. The van der Waals surface area contributed by atoms with E-state index in [9.17, 15) is 4.79 Å². The van der Waals surface area contributed by atoms with Crippen LogP contribution in [0.3, 0.4) is 0 Å². The van der Waals surface area contributed by atoms with E-state index in [4.69, 9.17) is 4.74 Å². The Morgan fingerprint density at radius 3 is 2.69 bits per heavy atom. The van der Waals surface area contributed by atoms with Crippen molar-refractivity contribution in [2.24, 2.45) is 4.99 Å². The molecule has 1 atom stereocenters. The van der Waals surface area contributed by atoms with E-state index in [-0.39, 0.29) is 0 Å². The molecular weight excluding hydrogens is 204 g/mol. The second-order valence-electron chi connectivity index (χ2n) is 3.38. The van der Waals surface area contributed by atoms with Crippen LogP contribution in [0.2, 0.25) is 0 Å². The number of methoxy groups -OCH3 is 1. The van der Waals surface area contributed by atoms with Crippen LogP contribution in [0.1, 0.15) is 5.56 Å². The summed E-state index contributed by atoms with van der Waals surface area (Å²) < 4.78 is 4.82. The molecule has 4 heteroatoms. The quantitative estimate of drug-likeness (QED) is 0.756. The van der Waals surface area contributed by atoms with Crippen LogP contribution >= 0.6 is 0 Å². The summed E-state index contributed by atoms with van der Waals surface area (Å²) in [7, 11) is 1.36. The number of ether oxygens (including phenoxy) is 1. The summed E-state index contributed by atoms with van der Waals surface area (Å²) >= 11 is 0. The first-order valence-electron chi connectivity index (χ1n) is 4.91. The second-order valence-corrected chi connectivity index (χ2v) is 3.38. The van der Waals surface area contributed by atoms with Gasteiger partial charge in [-0.2, -0.15) is 0 Å². The van der Waals surface area contributed by atoms with Crippen molar-refractivity contribution in [3.8, 4) is 0 Å². The fourth-order valence-corrected chi connectivity index (χ4v) is 1.65. The van der Waals surface area contributed by atoms with Crippen LogP contribution in [0.4, 0.5) is 0 Å². The molecule has 0 fully saturated rings. The Kier molecular flexibility index (Phi) is 2.72. The van der Waals surface area contributed by atoms with Crippen molar-refractivity contribution in [1.29, 1.82) is 0 Å². The van der Waals surface area contributed by atoms with Crippen molar-refractivity contribution in [2.75, 3.05) is 7.11 Å². The number of rotatable bonds is 2. The summed E-state index contributed by atoms with van der Waals surface area (Å²) in [5.41, 5.74) is -0.266. The molecule has 0 amide bonds. The molecule has 0 aromatic heterocycles. The first-order valence-corrected chi connectivity index (χ1v) is 4.91. The first kappa shape index (κ1) is 10.4. The highest BCUT2D eigenvalue weighted by molar-refractivity contribution is 5.87. The minimum absolute atomic E-state index is 0.396. The summed E-state index contributed by atoms with van der Waals surface area (Å²) in [6, 6.07) is 9.33. The van der Waals surface area contributed by atoms with Gasteiger partial charge in [-0.3, -0.25) is 0 Å². The van der Waals surface area contributed by atoms with Crippen molar-refractivity contribution < 1.29 is 9.53 Å². The molecule has 0 spiro atoms. The van der Waals surface area contributed by atoms with Crippen LogP contribution in [-0.2, 0) is 15.1 Å². The number of esters is 1. The highest BCUT2D eigenvalue weighted by atomic mass is 16.5. The zero-order chi connectivity index (χ0) is 11.4. The molecule has 1 N–H and O–H groups in total. The summed E-state index contributed by atoms with van der Waals surface area (Å²) in [6.07, 6.45) is 4.86. The molecule has 82 valence electrons. The van der Waals surface area contributed by atoms with E-state index in [1.165, 1.54) is 13.4 Å². The van der Waals surface area contributed by atoms with Gasteiger partial charge in [0.25, 0.3) is 0 Å². The number of nitrogens with one attached hydrogen (secondary N) is 1. The predicted octanol–water partition coefficient (Wildman–Crippen LogP) is 1.20. The Hall–Kier alpha value is -2.10. The third-order valence-corrected chi connectivity index (χ3v) is 2.47. The summed E-state index contributed by atoms with van der Waals surface area (Å²) in [5.74, 6) is -0.396. The van der Waals surface area contributed by atoms with Crippen molar-refractivity contribution in [3.05, 3.63) is 48.2 Å². The number of carbonyl (C=O) groups is 1.